The average molecular weight is 601 g/mol. The smallest absolute Gasteiger partial charge is 0.219 e. The number of hydrogen-bond acceptors (Lipinski definition) is 7. The number of thioether (sulfide) groups is 1. The first kappa shape index (κ1) is 29.3. The summed E-state index contributed by atoms with van der Waals surface area (Å²) < 4.78 is 6.86. The van der Waals surface area contributed by atoms with Gasteiger partial charge in [0.1, 0.15) is 5.69 Å². The number of nitrogens with zero attached hydrogens (tertiary/aromatic N) is 3. The van der Waals surface area contributed by atoms with E-state index in [1.807, 2.05) is 23.1 Å². The van der Waals surface area contributed by atoms with Crippen LogP contribution in [0.15, 0.2) is 82.6 Å². The van der Waals surface area contributed by atoms with Crippen molar-refractivity contribution in [2.24, 2.45) is 11.8 Å². The zero-order valence-corrected chi connectivity index (χ0v) is 26.6. The van der Waals surface area contributed by atoms with Gasteiger partial charge in [-0.05, 0) is 80.8 Å². The summed E-state index contributed by atoms with van der Waals surface area (Å²) >= 11 is 3.93. The maximum atomic E-state index is 6.86. The van der Waals surface area contributed by atoms with Crippen LogP contribution in [-0.4, -0.2) is 55.1 Å². The fourth-order valence-corrected chi connectivity index (χ4v) is 8.83. The molecule has 4 aromatic rings. The molecule has 0 bridgehead atoms. The molecule has 0 amide bonds. The molecule has 2 aromatic heterocycles. The first-order valence-electron chi connectivity index (χ1n) is 15.5. The highest BCUT2D eigenvalue weighted by atomic mass is 32.2. The monoisotopic (exact) mass is 600 g/mol. The van der Waals surface area contributed by atoms with Crippen molar-refractivity contribution in [3.63, 3.8) is 0 Å². The Labute approximate surface area is 259 Å². The van der Waals surface area contributed by atoms with E-state index in [1.54, 1.807) is 0 Å². The Hall–Kier alpha value is -2.74. The quantitative estimate of drug-likeness (QED) is 0.187. The summed E-state index contributed by atoms with van der Waals surface area (Å²) in [5.41, 5.74) is 3.53. The third kappa shape index (κ3) is 7.07. The van der Waals surface area contributed by atoms with Gasteiger partial charge in [-0.15, -0.1) is 11.3 Å². The van der Waals surface area contributed by atoms with Crippen LogP contribution in [0.25, 0.3) is 0 Å². The molecule has 2 unspecified atom stereocenters. The normalized spacial score (nSPS) is 20.9. The van der Waals surface area contributed by atoms with Crippen molar-refractivity contribution in [2.45, 2.75) is 44.1 Å². The number of thiophene rings is 1. The van der Waals surface area contributed by atoms with E-state index in [0.29, 0.717) is 17.9 Å². The summed E-state index contributed by atoms with van der Waals surface area (Å²) in [7, 11) is 4.48. The molecule has 1 saturated carbocycles. The van der Waals surface area contributed by atoms with Gasteiger partial charge in [0.15, 0.2) is 0 Å². The van der Waals surface area contributed by atoms with Gasteiger partial charge in [0.05, 0.1) is 5.92 Å². The number of oxazole rings is 1. The number of benzene rings is 2. The number of hydrogen-bond donors (Lipinski definition) is 1. The van der Waals surface area contributed by atoms with Crippen LogP contribution in [0.1, 0.15) is 59.7 Å². The molecule has 222 valence electrons. The van der Waals surface area contributed by atoms with Gasteiger partial charge in [-0.2, -0.15) is 11.8 Å². The molecule has 42 heavy (non-hydrogen) atoms. The maximum Gasteiger partial charge on any atom is 0.219 e. The van der Waals surface area contributed by atoms with Gasteiger partial charge < -0.3 is 19.5 Å². The zero-order chi connectivity index (χ0) is 28.7. The molecule has 1 aliphatic carbocycles. The van der Waals surface area contributed by atoms with Crippen LogP contribution in [0.3, 0.4) is 0 Å². The van der Waals surface area contributed by atoms with Crippen LogP contribution in [0, 0.1) is 11.8 Å². The molecule has 6 rings (SSSR count). The summed E-state index contributed by atoms with van der Waals surface area (Å²) in [6, 6.07) is 26.3. The second-order valence-corrected chi connectivity index (χ2v) is 14.2. The van der Waals surface area contributed by atoms with Crippen molar-refractivity contribution in [2.75, 3.05) is 55.5 Å². The molecule has 2 aromatic carbocycles. The predicted octanol–water partition coefficient (Wildman–Crippen LogP) is 8.19. The van der Waals surface area contributed by atoms with E-state index < -0.39 is 0 Å². The van der Waals surface area contributed by atoms with Crippen LogP contribution in [0.5, 0.6) is 0 Å². The fraction of sp³-hybridized carbons (Fsp3) is 0.457. The molecule has 5 nitrogen and oxygen atoms in total. The van der Waals surface area contributed by atoms with Crippen molar-refractivity contribution >= 4 is 34.7 Å². The lowest BCUT2D eigenvalue weighted by atomic mass is 9.73. The molecule has 1 N–H and O–H groups in total. The molecule has 2 aliphatic rings. The minimum absolute atomic E-state index is 0.230. The van der Waals surface area contributed by atoms with Gasteiger partial charge in [-0.3, -0.25) is 0 Å². The SMILES string of the molecule is CN(C)C(c1cccs1)C1CCC(C(CNc2ccccc2)c2nc(Cc3ccccc3)c(N3CCSCC3)o2)CC1. The Balaban J connectivity index is 1.26. The second kappa shape index (κ2) is 14.2. The van der Waals surface area contributed by atoms with E-state index in [0.717, 1.165) is 60.7 Å². The largest absolute Gasteiger partial charge is 0.424 e. The number of rotatable bonds is 11. The molecule has 2 fully saturated rings. The van der Waals surface area contributed by atoms with Gasteiger partial charge in [-0.1, -0.05) is 54.6 Å². The predicted molar refractivity (Wildman–Crippen MR) is 179 cm³/mol. The van der Waals surface area contributed by atoms with Crippen molar-refractivity contribution in [1.29, 1.82) is 0 Å². The average Bonchev–Trinajstić information content (AvgIpc) is 3.70. The zero-order valence-electron chi connectivity index (χ0n) is 25.0. The molecule has 0 spiro atoms. The molecular weight excluding hydrogens is 557 g/mol. The summed E-state index contributed by atoms with van der Waals surface area (Å²) in [4.78, 5) is 11.7. The van der Waals surface area contributed by atoms with Crippen molar-refractivity contribution in [3.05, 3.63) is 100 Å². The molecule has 2 atom stereocenters. The van der Waals surface area contributed by atoms with Crippen LogP contribution in [-0.2, 0) is 6.42 Å². The summed E-state index contributed by atoms with van der Waals surface area (Å²) in [6.07, 6.45) is 5.68. The fourth-order valence-electron chi connectivity index (χ4n) is 6.91. The Morgan fingerprint density at radius 1 is 0.905 bits per heavy atom. The Bertz CT molecular complexity index is 1340. The minimum atomic E-state index is 0.230. The third-order valence-corrected chi connectivity index (χ3v) is 10.9. The summed E-state index contributed by atoms with van der Waals surface area (Å²) in [5, 5.41) is 5.97. The molecule has 0 radical (unpaired) electrons. The lowest BCUT2D eigenvalue weighted by molar-refractivity contribution is 0.139. The first-order valence-corrected chi connectivity index (χ1v) is 17.5. The standard InChI is InChI=1S/C35H44N4OS2/c1-38(2)33(32-14-9-21-42-32)28-17-15-27(16-18-28)30(25-36-29-12-7-4-8-13-29)34-37-31(24-26-10-5-3-6-11-26)35(40-34)39-19-22-41-23-20-39/h3-14,21,27-28,30,33,36H,15-20,22-25H2,1-2H3. The highest BCUT2D eigenvalue weighted by Crippen LogP contribution is 2.45. The number of nitrogens with one attached hydrogen (secondary N) is 1. The van der Waals surface area contributed by atoms with Crippen molar-refractivity contribution < 1.29 is 4.42 Å². The lowest BCUT2D eigenvalue weighted by Crippen LogP contribution is -2.33. The van der Waals surface area contributed by atoms with E-state index >= 15 is 0 Å². The number of para-hydroxylation sites is 1. The van der Waals surface area contributed by atoms with E-state index in [9.17, 15) is 0 Å². The Morgan fingerprint density at radius 3 is 2.26 bits per heavy atom. The molecule has 3 heterocycles. The highest BCUT2D eigenvalue weighted by Gasteiger charge is 2.36. The second-order valence-electron chi connectivity index (χ2n) is 12.0. The first-order chi connectivity index (χ1) is 20.7. The molecule has 1 saturated heterocycles. The summed E-state index contributed by atoms with van der Waals surface area (Å²) in [5.74, 6) is 5.64. The molecule has 1 aliphatic heterocycles. The van der Waals surface area contributed by atoms with Crippen LogP contribution >= 0.6 is 23.1 Å². The van der Waals surface area contributed by atoms with E-state index in [-0.39, 0.29) is 5.92 Å². The van der Waals surface area contributed by atoms with Crippen molar-refractivity contribution in [1.82, 2.24) is 9.88 Å². The van der Waals surface area contributed by atoms with Crippen LogP contribution in [0.2, 0.25) is 0 Å². The van der Waals surface area contributed by atoms with Gasteiger partial charge in [-0.25, -0.2) is 4.98 Å². The molecule has 7 heteroatoms. The molecular formula is C35H44N4OS2. The third-order valence-electron chi connectivity index (χ3n) is 9.05. The van der Waals surface area contributed by atoms with E-state index in [2.05, 4.69) is 107 Å². The van der Waals surface area contributed by atoms with Crippen molar-refractivity contribution in [3.8, 4) is 0 Å². The Kier molecular flexibility index (Phi) is 9.89. The maximum absolute atomic E-state index is 6.86. The van der Waals surface area contributed by atoms with Gasteiger partial charge >= 0.3 is 0 Å². The van der Waals surface area contributed by atoms with Gasteiger partial charge in [0.25, 0.3) is 0 Å². The van der Waals surface area contributed by atoms with Crippen LogP contribution in [0.4, 0.5) is 11.6 Å². The lowest BCUT2D eigenvalue weighted by Gasteiger charge is -2.38. The van der Waals surface area contributed by atoms with Crippen LogP contribution < -0.4 is 10.2 Å². The minimum Gasteiger partial charge on any atom is -0.424 e. The number of anilines is 2. The topological polar surface area (TPSA) is 44.5 Å². The van der Waals surface area contributed by atoms with E-state index in [4.69, 9.17) is 9.40 Å². The highest BCUT2D eigenvalue weighted by molar-refractivity contribution is 7.99. The Morgan fingerprint density at radius 2 is 1.60 bits per heavy atom. The van der Waals surface area contributed by atoms with E-state index in [1.165, 1.54) is 36.1 Å². The number of aromatic nitrogens is 1. The van der Waals surface area contributed by atoms with Gasteiger partial charge in [0.2, 0.25) is 11.8 Å². The summed E-state index contributed by atoms with van der Waals surface area (Å²) in [6.45, 7) is 2.88. The van der Waals surface area contributed by atoms with Gasteiger partial charge in [0, 0.05) is 54.2 Å².